The fourth-order valence-electron chi connectivity index (χ4n) is 1.88. The maximum Gasteiger partial charge on any atom is 0.407 e. The van der Waals surface area contributed by atoms with Crippen molar-refractivity contribution in [2.24, 2.45) is 0 Å². The molecule has 0 radical (unpaired) electrons. The van der Waals surface area contributed by atoms with Gasteiger partial charge in [0.25, 0.3) is 0 Å². The number of ether oxygens (including phenoxy) is 1. The van der Waals surface area contributed by atoms with Crippen molar-refractivity contribution in [2.45, 2.75) is 19.4 Å². The number of rotatable bonds is 2. The summed E-state index contributed by atoms with van der Waals surface area (Å²) in [6, 6.07) is 8.24. The van der Waals surface area contributed by atoms with Crippen molar-refractivity contribution < 1.29 is 9.53 Å². The largest absolute Gasteiger partial charge is 0.450 e. The first kappa shape index (κ1) is 10.8. The van der Waals surface area contributed by atoms with E-state index in [0.29, 0.717) is 6.61 Å². The van der Waals surface area contributed by atoms with Crippen molar-refractivity contribution in [3.05, 3.63) is 29.8 Å². The summed E-state index contributed by atoms with van der Waals surface area (Å²) in [5.41, 5.74) is 2.39. The fourth-order valence-corrected chi connectivity index (χ4v) is 1.88. The van der Waals surface area contributed by atoms with Gasteiger partial charge in [-0.1, -0.05) is 18.2 Å². The second kappa shape index (κ2) is 4.88. The van der Waals surface area contributed by atoms with Gasteiger partial charge in [-0.3, -0.25) is 0 Å². The van der Waals surface area contributed by atoms with Gasteiger partial charge in [-0.05, 0) is 25.0 Å². The SMILES string of the molecule is CCOC(=O)N[C@@H]1CNc2ccccc2C1. The summed E-state index contributed by atoms with van der Waals surface area (Å²) in [6.07, 6.45) is 0.510. The van der Waals surface area contributed by atoms with Crippen LogP contribution in [0.5, 0.6) is 0 Å². The second-order valence-corrected chi connectivity index (χ2v) is 3.80. The molecule has 2 rings (SSSR count). The number of amides is 1. The lowest BCUT2D eigenvalue weighted by atomic mass is 10.00. The van der Waals surface area contributed by atoms with Gasteiger partial charge in [0, 0.05) is 12.2 Å². The van der Waals surface area contributed by atoms with Crippen molar-refractivity contribution in [3.63, 3.8) is 0 Å². The number of hydrogen-bond donors (Lipinski definition) is 2. The molecule has 0 fully saturated rings. The van der Waals surface area contributed by atoms with Gasteiger partial charge in [0.2, 0.25) is 0 Å². The van der Waals surface area contributed by atoms with E-state index in [1.54, 1.807) is 6.92 Å². The van der Waals surface area contributed by atoms with Gasteiger partial charge in [-0.25, -0.2) is 4.79 Å². The number of fused-ring (bicyclic) bond motifs is 1. The van der Waals surface area contributed by atoms with Gasteiger partial charge in [-0.15, -0.1) is 0 Å². The van der Waals surface area contributed by atoms with E-state index in [-0.39, 0.29) is 12.1 Å². The molecule has 1 aliphatic rings. The molecular weight excluding hydrogens is 204 g/mol. The molecule has 0 spiro atoms. The Hall–Kier alpha value is -1.71. The third-order valence-electron chi connectivity index (χ3n) is 2.62. The summed E-state index contributed by atoms with van der Waals surface area (Å²) < 4.78 is 4.85. The minimum Gasteiger partial charge on any atom is -0.450 e. The summed E-state index contributed by atoms with van der Waals surface area (Å²) in [5.74, 6) is 0. The third kappa shape index (κ3) is 2.45. The van der Waals surface area contributed by atoms with Crippen LogP contribution >= 0.6 is 0 Å². The summed E-state index contributed by atoms with van der Waals surface area (Å²) in [5, 5.41) is 6.13. The van der Waals surface area contributed by atoms with E-state index in [9.17, 15) is 4.79 Å². The lowest BCUT2D eigenvalue weighted by molar-refractivity contribution is 0.148. The third-order valence-corrected chi connectivity index (χ3v) is 2.62. The van der Waals surface area contributed by atoms with Crippen molar-refractivity contribution in [2.75, 3.05) is 18.5 Å². The van der Waals surface area contributed by atoms with Crippen molar-refractivity contribution in [1.82, 2.24) is 5.32 Å². The molecule has 0 unspecified atom stereocenters. The molecule has 1 amide bonds. The van der Waals surface area contributed by atoms with Crippen LogP contribution < -0.4 is 10.6 Å². The Morgan fingerprint density at radius 1 is 1.56 bits per heavy atom. The van der Waals surface area contributed by atoms with Gasteiger partial charge < -0.3 is 15.4 Å². The highest BCUT2D eigenvalue weighted by molar-refractivity contribution is 5.68. The molecule has 2 N–H and O–H groups in total. The molecule has 4 nitrogen and oxygen atoms in total. The highest BCUT2D eigenvalue weighted by Crippen LogP contribution is 2.20. The molecule has 0 saturated heterocycles. The number of para-hydroxylation sites is 1. The topological polar surface area (TPSA) is 50.4 Å². The standard InChI is InChI=1S/C12H16N2O2/c1-2-16-12(15)14-10-7-9-5-3-4-6-11(9)13-8-10/h3-6,10,13H,2,7-8H2,1H3,(H,14,15)/t10-/m0/s1. The predicted octanol–water partition coefficient (Wildman–Crippen LogP) is 1.77. The van der Waals surface area contributed by atoms with Gasteiger partial charge >= 0.3 is 6.09 Å². The maximum absolute atomic E-state index is 11.3. The first-order chi connectivity index (χ1) is 7.79. The molecule has 1 aliphatic heterocycles. The van der Waals surface area contributed by atoms with Gasteiger partial charge in [0.1, 0.15) is 0 Å². The predicted molar refractivity (Wildman–Crippen MR) is 62.6 cm³/mol. The Kier molecular flexibility index (Phi) is 3.29. The summed E-state index contributed by atoms with van der Waals surface area (Å²) >= 11 is 0. The Labute approximate surface area is 95.0 Å². The van der Waals surface area contributed by atoms with Crippen LogP contribution in [0.1, 0.15) is 12.5 Å². The molecule has 16 heavy (non-hydrogen) atoms. The monoisotopic (exact) mass is 220 g/mol. The van der Waals surface area contributed by atoms with E-state index in [2.05, 4.69) is 22.8 Å². The number of benzene rings is 1. The number of anilines is 1. The summed E-state index contributed by atoms with van der Waals surface area (Å²) in [7, 11) is 0. The Balaban J connectivity index is 1.95. The fraction of sp³-hybridized carbons (Fsp3) is 0.417. The van der Waals surface area contributed by atoms with E-state index in [1.165, 1.54) is 5.56 Å². The number of nitrogens with one attached hydrogen (secondary N) is 2. The lowest BCUT2D eigenvalue weighted by Crippen LogP contribution is -2.43. The van der Waals surface area contributed by atoms with Crippen LogP contribution in [0.15, 0.2) is 24.3 Å². The summed E-state index contributed by atoms with van der Waals surface area (Å²) in [6.45, 7) is 2.95. The molecule has 0 aliphatic carbocycles. The highest BCUT2D eigenvalue weighted by atomic mass is 16.5. The van der Waals surface area contributed by atoms with E-state index in [4.69, 9.17) is 4.74 Å². The van der Waals surface area contributed by atoms with Crippen LogP contribution in [0.2, 0.25) is 0 Å². The summed E-state index contributed by atoms with van der Waals surface area (Å²) in [4.78, 5) is 11.3. The second-order valence-electron chi connectivity index (χ2n) is 3.80. The number of hydrogen-bond acceptors (Lipinski definition) is 3. The number of carbonyl (C=O) groups is 1. The first-order valence-corrected chi connectivity index (χ1v) is 5.54. The van der Waals surface area contributed by atoms with Gasteiger partial charge in [0.15, 0.2) is 0 Å². The minimum atomic E-state index is -0.339. The molecule has 4 heteroatoms. The zero-order chi connectivity index (χ0) is 11.4. The van der Waals surface area contributed by atoms with Crippen LogP contribution in [0.4, 0.5) is 10.5 Å². The molecule has 0 bridgehead atoms. The molecule has 0 saturated carbocycles. The minimum absolute atomic E-state index is 0.106. The Bertz CT molecular complexity index is 379. The maximum atomic E-state index is 11.3. The molecule has 1 heterocycles. The first-order valence-electron chi connectivity index (χ1n) is 5.54. The van der Waals surface area contributed by atoms with Gasteiger partial charge in [0.05, 0.1) is 12.6 Å². The smallest absolute Gasteiger partial charge is 0.407 e. The van der Waals surface area contributed by atoms with E-state index in [0.717, 1.165) is 18.7 Å². The van der Waals surface area contributed by atoms with Crippen LogP contribution in [0.25, 0.3) is 0 Å². The van der Waals surface area contributed by atoms with Crippen molar-refractivity contribution in [3.8, 4) is 0 Å². The van der Waals surface area contributed by atoms with Crippen molar-refractivity contribution >= 4 is 11.8 Å². The van der Waals surface area contributed by atoms with E-state index in [1.807, 2.05) is 12.1 Å². The Morgan fingerprint density at radius 3 is 3.19 bits per heavy atom. The van der Waals surface area contributed by atoms with Crippen LogP contribution in [-0.4, -0.2) is 25.3 Å². The Morgan fingerprint density at radius 2 is 2.38 bits per heavy atom. The average molecular weight is 220 g/mol. The van der Waals surface area contributed by atoms with E-state index < -0.39 is 0 Å². The number of carbonyl (C=O) groups excluding carboxylic acids is 1. The zero-order valence-electron chi connectivity index (χ0n) is 9.32. The van der Waals surface area contributed by atoms with Crippen molar-refractivity contribution in [1.29, 1.82) is 0 Å². The molecule has 1 aromatic carbocycles. The number of alkyl carbamates (subject to hydrolysis) is 1. The molecule has 1 atom stereocenters. The lowest BCUT2D eigenvalue weighted by Gasteiger charge is -2.26. The van der Waals surface area contributed by atoms with Crippen LogP contribution in [0, 0.1) is 0 Å². The molecule has 86 valence electrons. The van der Waals surface area contributed by atoms with E-state index >= 15 is 0 Å². The van der Waals surface area contributed by atoms with Crippen LogP contribution in [-0.2, 0) is 11.2 Å². The van der Waals surface area contributed by atoms with Gasteiger partial charge in [-0.2, -0.15) is 0 Å². The molecular formula is C12H16N2O2. The highest BCUT2D eigenvalue weighted by Gasteiger charge is 2.19. The van der Waals surface area contributed by atoms with Crippen LogP contribution in [0.3, 0.4) is 0 Å². The quantitative estimate of drug-likeness (QED) is 0.798. The molecule has 1 aromatic rings. The zero-order valence-corrected chi connectivity index (χ0v) is 9.32. The average Bonchev–Trinajstić information content (AvgIpc) is 2.29. The molecule has 0 aromatic heterocycles. The normalized spacial score (nSPS) is 18.2.